The normalized spacial score (nSPS) is 22.3. The predicted molar refractivity (Wildman–Crippen MR) is 72.0 cm³/mol. The lowest BCUT2D eigenvalue weighted by Crippen LogP contribution is -2.33. The Morgan fingerprint density at radius 2 is 2.50 bits per heavy atom. The van der Waals surface area contributed by atoms with Crippen LogP contribution in [0.5, 0.6) is 0 Å². The van der Waals surface area contributed by atoms with Gasteiger partial charge in [-0.15, -0.1) is 11.3 Å². The molecule has 0 amide bonds. The minimum absolute atomic E-state index is 0.730. The molecule has 1 aromatic heterocycles. The summed E-state index contributed by atoms with van der Waals surface area (Å²) in [4.78, 5) is 1.47. The van der Waals surface area contributed by atoms with Gasteiger partial charge < -0.3 is 5.32 Å². The molecule has 1 atom stereocenters. The average molecular weight is 235 g/mol. The fourth-order valence-corrected chi connectivity index (χ4v) is 2.94. The molecule has 2 rings (SSSR count). The molecule has 0 aromatic carbocycles. The predicted octanol–water partition coefficient (Wildman–Crippen LogP) is 3.77. The first kappa shape index (κ1) is 11.9. The molecule has 1 saturated heterocycles. The van der Waals surface area contributed by atoms with E-state index in [1.54, 1.807) is 0 Å². The molecule has 1 N–H and O–H groups in total. The maximum atomic E-state index is 3.60. The highest BCUT2D eigenvalue weighted by Gasteiger charge is 2.12. The Morgan fingerprint density at radius 1 is 1.56 bits per heavy atom. The van der Waals surface area contributed by atoms with Gasteiger partial charge >= 0.3 is 0 Å². The molecule has 16 heavy (non-hydrogen) atoms. The molecule has 0 radical (unpaired) electrons. The second kappa shape index (κ2) is 6.21. The van der Waals surface area contributed by atoms with Crippen molar-refractivity contribution in [2.24, 2.45) is 0 Å². The van der Waals surface area contributed by atoms with Crippen LogP contribution >= 0.6 is 11.3 Å². The summed E-state index contributed by atoms with van der Waals surface area (Å²) < 4.78 is 0. The number of thiophene rings is 1. The molecular weight excluding hydrogens is 214 g/mol. The Labute approximate surface area is 103 Å². The SMILES string of the molecule is C/C(=C/Cc1cccs1)CC1CCCCN1. The van der Waals surface area contributed by atoms with Crippen LogP contribution in [0.4, 0.5) is 0 Å². The van der Waals surface area contributed by atoms with Gasteiger partial charge in [0.25, 0.3) is 0 Å². The maximum absolute atomic E-state index is 3.60. The van der Waals surface area contributed by atoms with Crippen LogP contribution in [-0.2, 0) is 6.42 Å². The summed E-state index contributed by atoms with van der Waals surface area (Å²) in [5, 5.41) is 5.76. The standard InChI is InChI=1S/C14H21NS/c1-12(7-8-14-6-4-10-16-14)11-13-5-2-3-9-15-13/h4,6-7,10,13,15H,2-3,5,8-9,11H2,1H3/b12-7-. The van der Waals surface area contributed by atoms with Crippen molar-refractivity contribution in [3.63, 3.8) is 0 Å². The fourth-order valence-electron chi connectivity index (χ4n) is 2.27. The summed E-state index contributed by atoms with van der Waals surface area (Å²) in [6, 6.07) is 5.08. The van der Waals surface area contributed by atoms with Crippen LogP contribution < -0.4 is 5.32 Å². The monoisotopic (exact) mass is 235 g/mol. The number of piperidine rings is 1. The lowest BCUT2D eigenvalue weighted by molar-refractivity contribution is 0.398. The van der Waals surface area contributed by atoms with E-state index >= 15 is 0 Å². The van der Waals surface area contributed by atoms with Crippen LogP contribution in [0.1, 0.15) is 37.5 Å². The molecule has 2 heteroatoms. The van der Waals surface area contributed by atoms with E-state index < -0.39 is 0 Å². The largest absolute Gasteiger partial charge is 0.314 e. The average Bonchev–Trinajstić information content (AvgIpc) is 2.81. The van der Waals surface area contributed by atoms with Crippen LogP contribution in [0.2, 0.25) is 0 Å². The van der Waals surface area contributed by atoms with Crippen LogP contribution in [0.3, 0.4) is 0 Å². The minimum atomic E-state index is 0.730. The lowest BCUT2D eigenvalue weighted by atomic mass is 9.98. The van der Waals surface area contributed by atoms with Gasteiger partial charge in [-0.1, -0.05) is 24.1 Å². The van der Waals surface area contributed by atoms with Crippen molar-refractivity contribution in [1.82, 2.24) is 5.32 Å². The first-order valence-corrected chi connectivity index (χ1v) is 7.14. The third-order valence-electron chi connectivity index (χ3n) is 3.21. The third-order valence-corrected chi connectivity index (χ3v) is 4.11. The Bertz CT molecular complexity index is 321. The third kappa shape index (κ3) is 3.76. The molecular formula is C14H21NS. The molecule has 0 aliphatic carbocycles. The van der Waals surface area contributed by atoms with Gasteiger partial charge in [-0.25, -0.2) is 0 Å². The minimum Gasteiger partial charge on any atom is -0.314 e. The van der Waals surface area contributed by atoms with Crippen LogP contribution in [0.25, 0.3) is 0 Å². The zero-order chi connectivity index (χ0) is 11.2. The molecule has 1 aliphatic rings. The number of hydrogen-bond donors (Lipinski definition) is 1. The maximum Gasteiger partial charge on any atom is 0.0104 e. The van der Waals surface area contributed by atoms with Gasteiger partial charge in [-0.2, -0.15) is 0 Å². The van der Waals surface area contributed by atoms with E-state index in [9.17, 15) is 0 Å². The van der Waals surface area contributed by atoms with Crippen molar-refractivity contribution >= 4 is 11.3 Å². The zero-order valence-electron chi connectivity index (χ0n) is 10.0. The summed E-state index contributed by atoms with van der Waals surface area (Å²) in [5.74, 6) is 0. The second-order valence-electron chi connectivity index (χ2n) is 4.68. The summed E-state index contributed by atoms with van der Waals surface area (Å²) >= 11 is 1.85. The number of rotatable bonds is 4. The van der Waals surface area contributed by atoms with Gasteiger partial charge in [0.15, 0.2) is 0 Å². The van der Waals surface area contributed by atoms with E-state index in [4.69, 9.17) is 0 Å². The molecule has 0 saturated carbocycles. The van der Waals surface area contributed by atoms with Crippen LogP contribution in [-0.4, -0.2) is 12.6 Å². The van der Waals surface area contributed by atoms with E-state index in [-0.39, 0.29) is 0 Å². The molecule has 0 spiro atoms. The highest BCUT2D eigenvalue weighted by atomic mass is 32.1. The summed E-state index contributed by atoms with van der Waals surface area (Å²) in [7, 11) is 0. The number of allylic oxidation sites excluding steroid dienone is 1. The molecule has 1 aliphatic heterocycles. The molecule has 2 heterocycles. The first-order valence-electron chi connectivity index (χ1n) is 6.26. The van der Waals surface area contributed by atoms with Crippen molar-refractivity contribution in [1.29, 1.82) is 0 Å². The summed E-state index contributed by atoms with van der Waals surface area (Å²) in [5.41, 5.74) is 1.54. The van der Waals surface area contributed by atoms with Crippen LogP contribution in [0.15, 0.2) is 29.2 Å². The summed E-state index contributed by atoms with van der Waals surface area (Å²) in [6.45, 7) is 3.48. The van der Waals surface area contributed by atoms with E-state index in [0.717, 1.165) is 12.5 Å². The molecule has 1 nitrogen and oxygen atoms in total. The van der Waals surface area contributed by atoms with E-state index in [1.807, 2.05) is 11.3 Å². The van der Waals surface area contributed by atoms with Crippen LogP contribution in [0, 0.1) is 0 Å². The van der Waals surface area contributed by atoms with Gasteiger partial charge in [0.05, 0.1) is 0 Å². The van der Waals surface area contributed by atoms with Gasteiger partial charge in [0.2, 0.25) is 0 Å². The smallest absolute Gasteiger partial charge is 0.0104 e. The van der Waals surface area contributed by atoms with Crippen molar-refractivity contribution in [2.45, 2.75) is 45.1 Å². The molecule has 0 bridgehead atoms. The Morgan fingerprint density at radius 3 is 3.19 bits per heavy atom. The highest BCUT2D eigenvalue weighted by Crippen LogP contribution is 2.16. The Balaban J connectivity index is 1.77. The van der Waals surface area contributed by atoms with Gasteiger partial charge in [0.1, 0.15) is 0 Å². The Hall–Kier alpha value is -0.600. The zero-order valence-corrected chi connectivity index (χ0v) is 10.9. The summed E-state index contributed by atoms with van der Waals surface area (Å²) in [6.07, 6.45) is 8.83. The van der Waals surface area contributed by atoms with Crippen molar-refractivity contribution in [3.8, 4) is 0 Å². The van der Waals surface area contributed by atoms with Gasteiger partial charge in [-0.3, -0.25) is 0 Å². The van der Waals surface area contributed by atoms with E-state index in [1.165, 1.54) is 42.7 Å². The molecule has 88 valence electrons. The quantitative estimate of drug-likeness (QED) is 0.783. The topological polar surface area (TPSA) is 12.0 Å². The van der Waals surface area contributed by atoms with Crippen molar-refractivity contribution < 1.29 is 0 Å². The van der Waals surface area contributed by atoms with Crippen molar-refractivity contribution in [3.05, 3.63) is 34.0 Å². The molecule has 1 unspecified atom stereocenters. The highest BCUT2D eigenvalue weighted by molar-refractivity contribution is 7.09. The molecule has 1 aromatic rings. The van der Waals surface area contributed by atoms with Gasteiger partial charge in [0, 0.05) is 10.9 Å². The van der Waals surface area contributed by atoms with E-state index in [0.29, 0.717) is 0 Å². The lowest BCUT2D eigenvalue weighted by Gasteiger charge is -2.23. The fraction of sp³-hybridized carbons (Fsp3) is 0.571. The molecule has 1 fully saturated rings. The first-order chi connectivity index (χ1) is 7.84. The number of hydrogen-bond acceptors (Lipinski definition) is 2. The van der Waals surface area contributed by atoms with Crippen molar-refractivity contribution in [2.75, 3.05) is 6.54 Å². The Kier molecular flexibility index (Phi) is 4.61. The number of nitrogens with one attached hydrogen (secondary N) is 1. The van der Waals surface area contributed by atoms with E-state index in [2.05, 4.69) is 35.8 Å². The second-order valence-corrected chi connectivity index (χ2v) is 5.72. The van der Waals surface area contributed by atoms with Gasteiger partial charge in [-0.05, 0) is 50.6 Å².